The molecule has 0 N–H and O–H groups in total. The fraction of sp³-hybridized carbons (Fsp3) is 0.312. The average Bonchev–Trinajstić information content (AvgIpc) is 2.85. The number of anilines is 1. The summed E-state index contributed by atoms with van der Waals surface area (Å²) in [5.41, 5.74) is 1.00. The van der Waals surface area contributed by atoms with Gasteiger partial charge in [-0.3, -0.25) is 4.79 Å². The maximum atomic E-state index is 11.8. The molecule has 0 unspecified atom stereocenters. The normalized spacial score (nSPS) is 10.4. The van der Waals surface area contributed by atoms with Crippen molar-refractivity contribution in [3.8, 4) is 0 Å². The van der Waals surface area contributed by atoms with Gasteiger partial charge in [-0.2, -0.15) is 0 Å². The Morgan fingerprint density at radius 1 is 1.19 bits per heavy atom. The second kappa shape index (κ2) is 7.22. The van der Waals surface area contributed by atoms with Crippen LogP contribution in [0.3, 0.4) is 0 Å². The highest BCUT2D eigenvalue weighted by Gasteiger charge is 2.10. The molecule has 0 saturated heterocycles. The van der Waals surface area contributed by atoms with E-state index in [9.17, 15) is 4.79 Å². The summed E-state index contributed by atoms with van der Waals surface area (Å²) >= 11 is 1.49. The molecular weight excluding hydrogens is 284 g/mol. The van der Waals surface area contributed by atoms with E-state index in [1.54, 1.807) is 0 Å². The van der Waals surface area contributed by atoms with E-state index >= 15 is 0 Å². The van der Waals surface area contributed by atoms with E-state index in [4.69, 9.17) is 4.74 Å². The highest BCUT2D eigenvalue weighted by molar-refractivity contribution is 7.99. The molecule has 0 fully saturated rings. The molecule has 2 rings (SSSR count). The topological polar surface area (TPSA) is 34.5 Å². The van der Waals surface area contributed by atoms with Gasteiger partial charge in [-0.1, -0.05) is 42.1 Å². The Balaban J connectivity index is 1.81. The first kappa shape index (κ1) is 15.5. The molecule has 0 aliphatic carbocycles. The van der Waals surface area contributed by atoms with E-state index in [0.717, 1.165) is 16.4 Å². The Hall–Kier alpha value is -1.88. The molecule has 0 spiro atoms. The maximum absolute atomic E-state index is 11.8. The zero-order valence-electron chi connectivity index (χ0n) is 12.6. The summed E-state index contributed by atoms with van der Waals surface area (Å²) in [5.74, 6) is 1.23. The molecule has 0 saturated carbocycles. The van der Waals surface area contributed by atoms with Crippen molar-refractivity contribution in [3.05, 3.63) is 48.0 Å². The summed E-state index contributed by atoms with van der Waals surface area (Å²) in [4.78, 5) is 13.8. The molecule has 0 aliphatic heterocycles. The van der Waals surface area contributed by atoms with Gasteiger partial charge >= 0.3 is 5.97 Å². The molecule has 21 heavy (non-hydrogen) atoms. The first-order chi connectivity index (χ1) is 10.1. The minimum absolute atomic E-state index is 0.198. The molecule has 0 atom stereocenters. The predicted octanol–water partition coefficient (Wildman–Crippen LogP) is 2.93. The monoisotopic (exact) mass is 304 g/mol. The third kappa shape index (κ3) is 4.29. The number of benzene rings is 1. The molecule has 1 aromatic carbocycles. The van der Waals surface area contributed by atoms with Gasteiger partial charge in [0.2, 0.25) is 0 Å². The fourth-order valence-electron chi connectivity index (χ4n) is 1.99. The van der Waals surface area contributed by atoms with Crippen LogP contribution in [0.5, 0.6) is 0 Å². The number of esters is 1. The molecule has 0 radical (unpaired) electrons. The van der Waals surface area contributed by atoms with Crippen LogP contribution in [0.1, 0.15) is 5.56 Å². The first-order valence-corrected chi connectivity index (χ1v) is 7.72. The zero-order valence-corrected chi connectivity index (χ0v) is 13.4. The van der Waals surface area contributed by atoms with Gasteiger partial charge in [0.15, 0.2) is 0 Å². The minimum Gasteiger partial charge on any atom is -0.460 e. The number of hydrogen-bond acceptors (Lipinski definition) is 4. The number of thioether (sulfide) groups is 1. The van der Waals surface area contributed by atoms with Crippen molar-refractivity contribution in [2.75, 3.05) is 24.7 Å². The third-order valence-corrected chi connectivity index (χ3v) is 4.17. The fourth-order valence-corrected chi connectivity index (χ4v) is 2.79. The van der Waals surface area contributed by atoms with E-state index in [1.165, 1.54) is 11.8 Å². The van der Waals surface area contributed by atoms with Crippen LogP contribution in [0, 0.1) is 0 Å². The van der Waals surface area contributed by atoms with E-state index < -0.39 is 0 Å². The number of ether oxygens (including phenoxy) is 1. The molecule has 2 aromatic rings. The van der Waals surface area contributed by atoms with Gasteiger partial charge in [0.25, 0.3) is 0 Å². The Morgan fingerprint density at radius 3 is 2.52 bits per heavy atom. The van der Waals surface area contributed by atoms with Crippen molar-refractivity contribution in [1.82, 2.24) is 4.57 Å². The Bertz CT molecular complexity index is 594. The summed E-state index contributed by atoms with van der Waals surface area (Å²) in [5, 5.41) is 1.05. The zero-order chi connectivity index (χ0) is 15.2. The number of rotatable bonds is 6. The lowest BCUT2D eigenvalue weighted by Gasteiger charge is -2.14. The van der Waals surface area contributed by atoms with Crippen LogP contribution in [0.2, 0.25) is 0 Å². The summed E-state index contributed by atoms with van der Waals surface area (Å²) in [6.45, 7) is 0.330. The molecule has 0 aliphatic rings. The van der Waals surface area contributed by atoms with Crippen LogP contribution >= 0.6 is 11.8 Å². The summed E-state index contributed by atoms with van der Waals surface area (Å²) in [6.07, 6.45) is 0. The average molecular weight is 304 g/mol. The van der Waals surface area contributed by atoms with E-state index in [-0.39, 0.29) is 5.97 Å². The van der Waals surface area contributed by atoms with Gasteiger partial charge < -0.3 is 14.2 Å². The predicted molar refractivity (Wildman–Crippen MR) is 86.7 cm³/mol. The quantitative estimate of drug-likeness (QED) is 0.607. The van der Waals surface area contributed by atoms with Gasteiger partial charge in [-0.25, -0.2) is 0 Å². The number of hydrogen-bond donors (Lipinski definition) is 0. The maximum Gasteiger partial charge on any atom is 0.316 e. The Labute approximate surface area is 129 Å². The molecule has 1 aromatic heterocycles. The van der Waals surface area contributed by atoms with Crippen LogP contribution in [0.15, 0.2) is 47.5 Å². The Kier molecular flexibility index (Phi) is 5.33. The lowest BCUT2D eigenvalue weighted by molar-refractivity contribution is -0.141. The summed E-state index contributed by atoms with van der Waals surface area (Å²) in [6, 6.07) is 13.8. The first-order valence-electron chi connectivity index (χ1n) is 6.73. The van der Waals surface area contributed by atoms with Gasteiger partial charge in [0.1, 0.15) is 12.4 Å². The summed E-state index contributed by atoms with van der Waals surface area (Å²) < 4.78 is 7.33. The van der Waals surface area contributed by atoms with Crippen molar-refractivity contribution in [2.24, 2.45) is 7.05 Å². The van der Waals surface area contributed by atoms with Crippen LogP contribution in [0.25, 0.3) is 0 Å². The molecule has 0 bridgehead atoms. The van der Waals surface area contributed by atoms with Gasteiger partial charge in [-0.15, -0.1) is 0 Å². The lowest BCUT2D eigenvalue weighted by atomic mass is 10.2. The third-order valence-electron chi connectivity index (χ3n) is 3.09. The molecule has 0 amide bonds. The number of carbonyl (C=O) groups is 1. The van der Waals surface area contributed by atoms with Gasteiger partial charge in [0.05, 0.1) is 10.8 Å². The van der Waals surface area contributed by atoms with Crippen molar-refractivity contribution in [2.45, 2.75) is 11.6 Å². The number of carbonyl (C=O) groups excluding carboxylic acids is 1. The summed E-state index contributed by atoms with van der Waals surface area (Å²) in [7, 11) is 5.99. The van der Waals surface area contributed by atoms with Crippen LogP contribution in [0.4, 0.5) is 5.82 Å². The Morgan fingerprint density at radius 2 is 1.90 bits per heavy atom. The van der Waals surface area contributed by atoms with Gasteiger partial charge in [0, 0.05) is 21.1 Å². The van der Waals surface area contributed by atoms with E-state index in [2.05, 4.69) is 4.57 Å². The van der Waals surface area contributed by atoms with E-state index in [1.807, 2.05) is 68.5 Å². The molecule has 4 nitrogen and oxygen atoms in total. The number of aromatic nitrogens is 1. The SMILES string of the molecule is CN(C)c1ccc(SCC(=O)OCc2ccccc2)n1C. The molecule has 112 valence electrons. The largest absolute Gasteiger partial charge is 0.460 e. The standard InChI is InChI=1S/C16H20N2O2S/c1-17(2)14-9-10-15(18(14)3)21-12-16(19)20-11-13-7-5-4-6-8-13/h4-10H,11-12H2,1-3H3. The van der Waals surface area contributed by atoms with Gasteiger partial charge in [-0.05, 0) is 17.7 Å². The highest BCUT2D eigenvalue weighted by Crippen LogP contribution is 2.24. The smallest absolute Gasteiger partial charge is 0.316 e. The van der Waals surface area contributed by atoms with Crippen LogP contribution in [-0.4, -0.2) is 30.4 Å². The highest BCUT2D eigenvalue weighted by atomic mass is 32.2. The molecule has 1 heterocycles. The van der Waals surface area contributed by atoms with Crippen molar-refractivity contribution in [1.29, 1.82) is 0 Å². The molecular formula is C16H20N2O2S. The van der Waals surface area contributed by atoms with Crippen molar-refractivity contribution in [3.63, 3.8) is 0 Å². The number of nitrogens with zero attached hydrogens (tertiary/aromatic N) is 2. The van der Waals surface area contributed by atoms with Crippen LogP contribution < -0.4 is 4.90 Å². The molecule has 5 heteroatoms. The van der Waals surface area contributed by atoms with E-state index in [0.29, 0.717) is 12.4 Å². The second-order valence-corrected chi connectivity index (χ2v) is 5.91. The lowest BCUT2D eigenvalue weighted by Crippen LogP contribution is -2.13. The van der Waals surface area contributed by atoms with Crippen LogP contribution in [-0.2, 0) is 23.2 Å². The van der Waals surface area contributed by atoms with Crippen molar-refractivity contribution < 1.29 is 9.53 Å². The van der Waals surface area contributed by atoms with Crippen molar-refractivity contribution >= 4 is 23.5 Å². The minimum atomic E-state index is -0.198. The second-order valence-electron chi connectivity index (χ2n) is 4.92.